The standard InChI is InChI=1S/C38H32F3N5O6/c39-29-18-10-17-28(20-29)34-42-22-31(45-37(51)52-24-27-15-8-3-9-16-27)35(49)46(34)23-32(47)44-30(19-25-11-4-1-5-12-25)33(48)38(40,41)36(50)43-21-26-13-6-2-7-14-26/h1-18,20,22,30H,19,21,23-24H2,(H,43,50)(H,44,47)(H,45,51). The summed E-state index contributed by atoms with van der Waals surface area (Å²) in [4.78, 5) is 69.9. The number of halogens is 3. The average Bonchev–Trinajstić information content (AvgIpc) is 3.15. The lowest BCUT2D eigenvalue weighted by molar-refractivity contribution is -0.160. The van der Waals surface area contributed by atoms with Crippen LogP contribution in [-0.4, -0.2) is 45.2 Å². The molecular formula is C38H32F3N5O6. The number of ether oxygens (including phenoxy) is 1. The Hall–Kier alpha value is -6.57. The van der Waals surface area contributed by atoms with Crippen LogP contribution in [0.4, 0.5) is 23.7 Å². The molecule has 0 spiro atoms. The molecule has 0 saturated carbocycles. The third-order valence-corrected chi connectivity index (χ3v) is 7.71. The summed E-state index contributed by atoms with van der Waals surface area (Å²) in [6.07, 6.45) is -0.443. The van der Waals surface area contributed by atoms with Gasteiger partial charge in [-0.2, -0.15) is 8.78 Å². The molecule has 266 valence electrons. The van der Waals surface area contributed by atoms with Crippen molar-refractivity contribution in [1.29, 1.82) is 0 Å². The number of ketones is 1. The van der Waals surface area contributed by atoms with Gasteiger partial charge in [-0.25, -0.2) is 14.2 Å². The van der Waals surface area contributed by atoms with E-state index in [4.69, 9.17) is 4.74 Å². The Labute approximate surface area is 295 Å². The van der Waals surface area contributed by atoms with Crippen LogP contribution in [0.1, 0.15) is 16.7 Å². The van der Waals surface area contributed by atoms with Gasteiger partial charge in [0.05, 0.1) is 12.2 Å². The molecule has 1 unspecified atom stereocenters. The van der Waals surface area contributed by atoms with E-state index in [-0.39, 0.29) is 24.5 Å². The molecule has 11 nitrogen and oxygen atoms in total. The molecule has 5 rings (SSSR count). The van der Waals surface area contributed by atoms with Crippen molar-refractivity contribution in [3.63, 3.8) is 0 Å². The van der Waals surface area contributed by atoms with E-state index in [2.05, 4.69) is 20.9 Å². The minimum atomic E-state index is -4.56. The second kappa shape index (κ2) is 16.9. The number of amides is 3. The van der Waals surface area contributed by atoms with E-state index in [1.54, 1.807) is 91.0 Å². The molecule has 1 heterocycles. The molecule has 1 aromatic heterocycles. The Kier molecular flexibility index (Phi) is 11.9. The molecule has 0 aliphatic carbocycles. The zero-order valence-electron chi connectivity index (χ0n) is 27.4. The predicted molar refractivity (Wildman–Crippen MR) is 184 cm³/mol. The van der Waals surface area contributed by atoms with Crippen molar-refractivity contribution < 1.29 is 37.1 Å². The highest BCUT2D eigenvalue weighted by Crippen LogP contribution is 2.21. The molecule has 3 N–H and O–H groups in total. The van der Waals surface area contributed by atoms with Crippen LogP contribution in [-0.2, 0) is 45.2 Å². The number of rotatable bonds is 14. The van der Waals surface area contributed by atoms with E-state index in [0.29, 0.717) is 16.7 Å². The number of Topliss-reactive ketones (excluding diaryl/α,β-unsaturated/α-hetero) is 1. The van der Waals surface area contributed by atoms with Crippen molar-refractivity contribution in [2.75, 3.05) is 5.32 Å². The van der Waals surface area contributed by atoms with Gasteiger partial charge in [-0.1, -0.05) is 103 Å². The maximum absolute atomic E-state index is 15.4. The summed E-state index contributed by atoms with van der Waals surface area (Å²) >= 11 is 0. The summed E-state index contributed by atoms with van der Waals surface area (Å²) < 4.78 is 51.0. The number of hydrogen-bond donors (Lipinski definition) is 3. The number of aromatic nitrogens is 2. The van der Waals surface area contributed by atoms with Crippen molar-refractivity contribution >= 4 is 29.4 Å². The van der Waals surface area contributed by atoms with Crippen molar-refractivity contribution in [3.05, 3.63) is 154 Å². The van der Waals surface area contributed by atoms with E-state index in [1.165, 1.54) is 12.1 Å². The molecule has 4 aromatic carbocycles. The van der Waals surface area contributed by atoms with E-state index in [1.807, 2.05) is 0 Å². The fourth-order valence-corrected chi connectivity index (χ4v) is 5.11. The molecule has 0 saturated heterocycles. The second-order valence-corrected chi connectivity index (χ2v) is 11.5. The number of benzene rings is 4. The number of hydrogen-bond acceptors (Lipinski definition) is 7. The van der Waals surface area contributed by atoms with Crippen LogP contribution in [0.25, 0.3) is 11.4 Å². The third kappa shape index (κ3) is 9.56. The lowest BCUT2D eigenvalue weighted by atomic mass is 9.98. The fourth-order valence-electron chi connectivity index (χ4n) is 5.11. The summed E-state index contributed by atoms with van der Waals surface area (Å²) in [7, 11) is 0. The van der Waals surface area contributed by atoms with Gasteiger partial charge in [0.2, 0.25) is 11.7 Å². The van der Waals surface area contributed by atoms with Gasteiger partial charge in [-0.3, -0.25) is 29.1 Å². The minimum Gasteiger partial charge on any atom is -0.444 e. The van der Waals surface area contributed by atoms with Crippen molar-refractivity contribution in [3.8, 4) is 11.4 Å². The fraction of sp³-hybridized carbons (Fsp3) is 0.158. The highest BCUT2D eigenvalue weighted by atomic mass is 19.3. The SMILES string of the molecule is O=C(Cn1c(-c2cccc(F)c2)ncc(NC(=O)OCc2ccccc2)c1=O)NC(Cc1ccccc1)C(=O)C(F)(F)C(=O)NCc1ccccc1. The number of alkyl halides is 2. The molecule has 5 aromatic rings. The normalized spacial score (nSPS) is 11.6. The van der Waals surface area contributed by atoms with Gasteiger partial charge >= 0.3 is 12.0 Å². The molecule has 1 atom stereocenters. The summed E-state index contributed by atoms with van der Waals surface area (Å²) in [6, 6.07) is 27.9. The van der Waals surface area contributed by atoms with Gasteiger partial charge < -0.3 is 15.4 Å². The molecule has 0 aliphatic heterocycles. The van der Waals surface area contributed by atoms with E-state index in [0.717, 1.165) is 22.9 Å². The summed E-state index contributed by atoms with van der Waals surface area (Å²) in [5, 5.41) is 6.57. The molecule has 0 fully saturated rings. The van der Waals surface area contributed by atoms with Gasteiger partial charge in [0.25, 0.3) is 11.5 Å². The first-order chi connectivity index (χ1) is 25.0. The first-order valence-electron chi connectivity index (χ1n) is 15.9. The highest BCUT2D eigenvalue weighted by Gasteiger charge is 2.50. The topological polar surface area (TPSA) is 148 Å². The van der Waals surface area contributed by atoms with Gasteiger partial charge in [-0.15, -0.1) is 0 Å². The van der Waals surface area contributed by atoms with Crippen molar-refractivity contribution in [2.45, 2.75) is 38.1 Å². The summed E-state index contributed by atoms with van der Waals surface area (Å²) in [5.41, 5.74) is 0.262. The van der Waals surface area contributed by atoms with E-state index >= 15 is 8.78 Å². The minimum absolute atomic E-state index is 0.0710. The van der Waals surface area contributed by atoms with Crippen LogP contribution in [0.3, 0.4) is 0 Å². The Morgan fingerprint density at radius 3 is 2.06 bits per heavy atom. The summed E-state index contributed by atoms with van der Waals surface area (Å²) in [5.74, 6) is -10.3. The number of nitrogens with zero attached hydrogens (tertiary/aromatic N) is 2. The Bertz CT molecular complexity index is 2100. The van der Waals surface area contributed by atoms with Crippen LogP contribution in [0, 0.1) is 5.82 Å². The lowest BCUT2D eigenvalue weighted by Crippen LogP contribution is -2.55. The van der Waals surface area contributed by atoms with E-state index in [9.17, 15) is 28.4 Å². The van der Waals surface area contributed by atoms with Gasteiger partial charge in [0, 0.05) is 18.5 Å². The largest absolute Gasteiger partial charge is 0.444 e. The quantitative estimate of drug-likeness (QED) is 0.137. The van der Waals surface area contributed by atoms with Crippen molar-refractivity contribution in [1.82, 2.24) is 20.2 Å². The van der Waals surface area contributed by atoms with Gasteiger partial charge in [0.1, 0.15) is 30.5 Å². The maximum atomic E-state index is 15.4. The molecule has 0 bridgehead atoms. The van der Waals surface area contributed by atoms with Gasteiger partial charge in [-0.05, 0) is 28.8 Å². The zero-order valence-corrected chi connectivity index (χ0v) is 27.4. The van der Waals surface area contributed by atoms with Crippen molar-refractivity contribution in [2.24, 2.45) is 0 Å². The molecule has 3 amide bonds. The third-order valence-electron chi connectivity index (χ3n) is 7.71. The molecular weight excluding hydrogens is 679 g/mol. The van der Waals surface area contributed by atoms with Crippen LogP contribution >= 0.6 is 0 Å². The van der Waals surface area contributed by atoms with Crippen LogP contribution in [0.15, 0.2) is 126 Å². The highest BCUT2D eigenvalue weighted by molar-refractivity contribution is 6.10. The number of carbonyl (C=O) groups excluding carboxylic acids is 4. The molecule has 14 heteroatoms. The second-order valence-electron chi connectivity index (χ2n) is 11.5. The molecule has 0 aliphatic rings. The molecule has 0 radical (unpaired) electrons. The van der Waals surface area contributed by atoms with Crippen LogP contribution in [0.2, 0.25) is 0 Å². The van der Waals surface area contributed by atoms with E-state index < -0.39 is 65.7 Å². The maximum Gasteiger partial charge on any atom is 0.412 e. The monoisotopic (exact) mass is 711 g/mol. The van der Waals surface area contributed by atoms with Crippen LogP contribution in [0.5, 0.6) is 0 Å². The predicted octanol–water partition coefficient (Wildman–Crippen LogP) is 5.05. The summed E-state index contributed by atoms with van der Waals surface area (Å²) in [6.45, 7) is -1.30. The smallest absolute Gasteiger partial charge is 0.412 e. The van der Waals surface area contributed by atoms with Gasteiger partial charge in [0.15, 0.2) is 0 Å². The lowest BCUT2D eigenvalue weighted by Gasteiger charge is -2.23. The number of carbonyl (C=O) groups is 4. The Balaban J connectivity index is 1.39. The zero-order chi connectivity index (χ0) is 37.1. The molecule has 52 heavy (non-hydrogen) atoms. The van der Waals surface area contributed by atoms with Crippen LogP contribution < -0.4 is 21.5 Å². The first kappa shape index (κ1) is 36.7. The average molecular weight is 712 g/mol. The Morgan fingerprint density at radius 2 is 1.42 bits per heavy atom. The number of nitrogens with one attached hydrogen (secondary N) is 3. The number of anilines is 1. The first-order valence-corrected chi connectivity index (χ1v) is 15.9. The Morgan fingerprint density at radius 1 is 0.808 bits per heavy atom.